The third-order valence-electron chi connectivity index (χ3n) is 6.12. The Morgan fingerprint density at radius 2 is 2.00 bits per heavy atom. The van der Waals surface area contributed by atoms with Crippen molar-refractivity contribution in [3.63, 3.8) is 0 Å². The summed E-state index contributed by atoms with van der Waals surface area (Å²) in [5.74, 6) is 0.678. The van der Waals surface area contributed by atoms with Crippen molar-refractivity contribution in [2.75, 3.05) is 5.32 Å². The molecule has 1 unspecified atom stereocenters. The summed E-state index contributed by atoms with van der Waals surface area (Å²) in [6.07, 6.45) is 7.02. The topological polar surface area (TPSA) is 68.0 Å². The fraction of sp³-hybridized carbons (Fsp3) is 0.700. The molecule has 0 radical (unpaired) electrons. The van der Waals surface area contributed by atoms with Crippen LogP contribution < -0.4 is 11.1 Å². The van der Waals surface area contributed by atoms with Crippen LogP contribution in [0.1, 0.15) is 65.0 Å². The van der Waals surface area contributed by atoms with Gasteiger partial charge in [-0.2, -0.15) is 0 Å². The number of anilines is 1. The van der Waals surface area contributed by atoms with Crippen LogP contribution in [0.5, 0.6) is 0 Å². The minimum absolute atomic E-state index is 0.0746. The molecule has 24 heavy (non-hydrogen) atoms. The Morgan fingerprint density at radius 3 is 2.58 bits per heavy atom. The van der Waals surface area contributed by atoms with Gasteiger partial charge in [-0.1, -0.05) is 40.5 Å². The average molecular weight is 329 g/mol. The highest BCUT2D eigenvalue weighted by atomic mass is 16.1. The molecule has 1 aromatic rings. The minimum atomic E-state index is -0.216. The highest BCUT2D eigenvalue weighted by molar-refractivity contribution is 5.79. The van der Waals surface area contributed by atoms with E-state index < -0.39 is 0 Å². The van der Waals surface area contributed by atoms with E-state index in [0.717, 1.165) is 11.4 Å². The molecule has 4 nitrogen and oxygen atoms in total. The number of carbonyl (C=O) groups is 1. The molecular formula is C20H31N3O. The SMILES string of the molecule is C[C@@H]1[C@H](C2CCCC2)Nc2cccnc2[C@H]1C(C(N)=O)C(C)(C)C. The van der Waals surface area contributed by atoms with Crippen LogP contribution in [-0.4, -0.2) is 16.9 Å². The predicted octanol–water partition coefficient (Wildman–Crippen LogP) is 3.93. The van der Waals surface area contributed by atoms with Gasteiger partial charge in [0.05, 0.1) is 17.3 Å². The van der Waals surface area contributed by atoms with Crippen molar-refractivity contribution in [3.05, 3.63) is 24.0 Å². The second-order valence-corrected chi connectivity index (χ2v) is 8.78. The number of hydrogen-bond donors (Lipinski definition) is 2. The second kappa shape index (κ2) is 6.38. The molecule has 2 heterocycles. The lowest BCUT2D eigenvalue weighted by molar-refractivity contribution is -0.126. The quantitative estimate of drug-likeness (QED) is 0.883. The Labute approximate surface area is 145 Å². The van der Waals surface area contributed by atoms with Crippen LogP contribution in [0, 0.1) is 23.2 Å². The normalized spacial score (nSPS) is 28.9. The lowest BCUT2D eigenvalue weighted by Crippen LogP contribution is -2.49. The summed E-state index contributed by atoms with van der Waals surface area (Å²) in [5.41, 5.74) is 7.80. The number of rotatable bonds is 3. The zero-order valence-corrected chi connectivity index (χ0v) is 15.4. The number of fused-ring (bicyclic) bond motifs is 1. The number of pyridine rings is 1. The molecule has 1 saturated carbocycles. The van der Waals surface area contributed by atoms with Gasteiger partial charge in [-0.05, 0) is 42.2 Å². The van der Waals surface area contributed by atoms with Crippen LogP contribution in [0.2, 0.25) is 0 Å². The van der Waals surface area contributed by atoms with E-state index in [1.165, 1.54) is 25.7 Å². The lowest BCUT2D eigenvalue weighted by atomic mass is 9.63. The molecule has 0 spiro atoms. The van der Waals surface area contributed by atoms with E-state index in [4.69, 9.17) is 5.73 Å². The first kappa shape index (κ1) is 17.2. The van der Waals surface area contributed by atoms with E-state index in [1.54, 1.807) is 0 Å². The van der Waals surface area contributed by atoms with Gasteiger partial charge >= 0.3 is 0 Å². The van der Waals surface area contributed by atoms with Crippen molar-refractivity contribution in [1.82, 2.24) is 4.98 Å². The van der Waals surface area contributed by atoms with Crippen molar-refractivity contribution < 1.29 is 4.79 Å². The van der Waals surface area contributed by atoms with E-state index in [-0.39, 0.29) is 23.2 Å². The molecule has 1 aromatic heterocycles. The highest BCUT2D eigenvalue weighted by Crippen LogP contribution is 2.50. The molecule has 2 aliphatic rings. The third-order valence-corrected chi connectivity index (χ3v) is 6.12. The molecule has 4 heteroatoms. The van der Waals surface area contributed by atoms with Gasteiger partial charge in [-0.15, -0.1) is 0 Å². The fourth-order valence-corrected chi connectivity index (χ4v) is 5.06. The number of nitrogens with one attached hydrogen (secondary N) is 1. The van der Waals surface area contributed by atoms with E-state index in [9.17, 15) is 4.79 Å². The summed E-state index contributed by atoms with van der Waals surface area (Å²) in [4.78, 5) is 17.1. The van der Waals surface area contributed by atoms with E-state index in [1.807, 2.05) is 12.3 Å². The van der Waals surface area contributed by atoms with Gasteiger partial charge in [0.25, 0.3) is 0 Å². The Morgan fingerprint density at radius 1 is 1.33 bits per heavy atom. The van der Waals surface area contributed by atoms with Crippen LogP contribution in [0.15, 0.2) is 18.3 Å². The van der Waals surface area contributed by atoms with Gasteiger partial charge in [-0.3, -0.25) is 9.78 Å². The fourth-order valence-electron chi connectivity index (χ4n) is 5.06. The van der Waals surface area contributed by atoms with Gasteiger partial charge in [0.1, 0.15) is 0 Å². The van der Waals surface area contributed by atoms with Gasteiger partial charge in [-0.25, -0.2) is 0 Å². The molecule has 1 aliphatic heterocycles. The summed E-state index contributed by atoms with van der Waals surface area (Å²) in [6.45, 7) is 8.62. The summed E-state index contributed by atoms with van der Waals surface area (Å²) >= 11 is 0. The number of nitrogens with two attached hydrogens (primary N) is 1. The number of amides is 1. The zero-order chi connectivity index (χ0) is 17.5. The van der Waals surface area contributed by atoms with Crippen LogP contribution in [0.25, 0.3) is 0 Å². The van der Waals surface area contributed by atoms with Crippen molar-refractivity contribution in [1.29, 1.82) is 0 Å². The third kappa shape index (κ3) is 3.03. The Hall–Kier alpha value is -1.58. The first-order valence-electron chi connectivity index (χ1n) is 9.31. The van der Waals surface area contributed by atoms with E-state index >= 15 is 0 Å². The summed E-state index contributed by atoms with van der Waals surface area (Å²) in [7, 11) is 0. The van der Waals surface area contributed by atoms with Gasteiger partial charge in [0.2, 0.25) is 5.91 Å². The molecule has 0 aromatic carbocycles. The first-order valence-corrected chi connectivity index (χ1v) is 9.31. The van der Waals surface area contributed by atoms with Crippen LogP contribution >= 0.6 is 0 Å². The Balaban J connectivity index is 2.05. The van der Waals surface area contributed by atoms with Crippen LogP contribution in [0.4, 0.5) is 5.69 Å². The second-order valence-electron chi connectivity index (χ2n) is 8.78. The first-order chi connectivity index (χ1) is 11.3. The van der Waals surface area contributed by atoms with Gasteiger partial charge < -0.3 is 11.1 Å². The Kier molecular flexibility index (Phi) is 4.58. The molecule has 1 aliphatic carbocycles. The number of hydrogen-bond acceptors (Lipinski definition) is 3. The van der Waals surface area contributed by atoms with E-state index in [0.29, 0.717) is 17.9 Å². The van der Waals surface area contributed by atoms with Crippen LogP contribution in [0.3, 0.4) is 0 Å². The number of primary amides is 1. The maximum atomic E-state index is 12.4. The molecule has 4 atom stereocenters. The molecule has 132 valence electrons. The number of aromatic nitrogens is 1. The molecule has 1 amide bonds. The highest BCUT2D eigenvalue weighted by Gasteiger charge is 2.47. The lowest BCUT2D eigenvalue weighted by Gasteiger charge is -2.46. The summed E-state index contributed by atoms with van der Waals surface area (Å²) in [5, 5.41) is 3.75. The Bertz CT molecular complexity index is 601. The summed E-state index contributed by atoms with van der Waals surface area (Å²) in [6, 6.07) is 4.48. The maximum Gasteiger partial charge on any atom is 0.221 e. The van der Waals surface area contributed by atoms with E-state index in [2.05, 4.69) is 44.1 Å². The van der Waals surface area contributed by atoms with Crippen molar-refractivity contribution >= 4 is 11.6 Å². The van der Waals surface area contributed by atoms with Crippen molar-refractivity contribution in [2.24, 2.45) is 28.9 Å². The molecule has 0 saturated heterocycles. The zero-order valence-electron chi connectivity index (χ0n) is 15.4. The largest absolute Gasteiger partial charge is 0.380 e. The number of nitrogens with zero attached hydrogens (tertiary/aromatic N) is 1. The average Bonchev–Trinajstić information content (AvgIpc) is 3.02. The number of carbonyl (C=O) groups excluding carboxylic acids is 1. The van der Waals surface area contributed by atoms with Gasteiger partial charge in [0.15, 0.2) is 0 Å². The molecule has 3 N–H and O–H groups in total. The predicted molar refractivity (Wildman–Crippen MR) is 97.7 cm³/mol. The minimum Gasteiger partial charge on any atom is -0.380 e. The maximum absolute atomic E-state index is 12.4. The van der Waals surface area contributed by atoms with Crippen LogP contribution in [-0.2, 0) is 4.79 Å². The van der Waals surface area contributed by atoms with Crippen molar-refractivity contribution in [3.8, 4) is 0 Å². The molecule has 3 rings (SSSR count). The molecular weight excluding hydrogens is 298 g/mol. The smallest absolute Gasteiger partial charge is 0.221 e. The van der Waals surface area contributed by atoms with Gasteiger partial charge in [0, 0.05) is 18.2 Å². The molecule has 1 fully saturated rings. The molecule has 0 bridgehead atoms. The van der Waals surface area contributed by atoms with Crippen molar-refractivity contribution in [2.45, 2.75) is 65.3 Å². The summed E-state index contributed by atoms with van der Waals surface area (Å²) < 4.78 is 0. The monoisotopic (exact) mass is 329 g/mol. The standard InChI is InChI=1S/C20H31N3O/c1-12-15(16(19(21)24)20(2,3)4)18-14(10-7-11-22-18)23-17(12)13-8-5-6-9-13/h7,10-13,15-17,23H,5-6,8-9H2,1-4H3,(H2,21,24)/t12-,15+,16?,17+/m0/s1.